The number of nitrogens with one attached hydrogen (secondary N) is 1. The van der Waals surface area contributed by atoms with Crippen molar-refractivity contribution in [1.29, 1.82) is 0 Å². The van der Waals surface area contributed by atoms with Crippen LogP contribution in [0, 0.1) is 0 Å². The van der Waals surface area contributed by atoms with E-state index in [1.165, 1.54) is 0 Å². The number of hydrogen-bond acceptors (Lipinski definition) is 3. The molecular formula is C8H17NO2. The van der Waals surface area contributed by atoms with E-state index in [1.807, 2.05) is 0 Å². The molecule has 1 saturated heterocycles. The molecule has 66 valence electrons. The van der Waals surface area contributed by atoms with E-state index in [0.29, 0.717) is 6.04 Å². The Morgan fingerprint density at radius 2 is 2.36 bits per heavy atom. The van der Waals surface area contributed by atoms with Crippen LogP contribution in [0.2, 0.25) is 0 Å². The monoisotopic (exact) mass is 159 g/mol. The van der Waals surface area contributed by atoms with E-state index in [1.54, 1.807) is 0 Å². The van der Waals surface area contributed by atoms with Crippen LogP contribution in [0.5, 0.6) is 0 Å². The first-order chi connectivity index (χ1) is 5.36. The Labute approximate surface area is 67.7 Å². The molecule has 0 saturated carbocycles. The van der Waals surface area contributed by atoms with Crippen LogP contribution in [0.4, 0.5) is 0 Å². The summed E-state index contributed by atoms with van der Waals surface area (Å²) in [5, 5.41) is 12.1. The molecule has 11 heavy (non-hydrogen) atoms. The second-order valence-electron chi connectivity index (χ2n) is 2.97. The van der Waals surface area contributed by atoms with Gasteiger partial charge in [0.2, 0.25) is 0 Å². The molecule has 1 heterocycles. The molecule has 2 atom stereocenters. The van der Waals surface area contributed by atoms with Gasteiger partial charge in [-0.15, -0.1) is 0 Å². The smallest absolute Gasteiger partial charge is 0.0807 e. The average Bonchev–Trinajstić information content (AvgIpc) is 2.07. The molecule has 1 aliphatic rings. The van der Waals surface area contributed by atoms with E-state index < -0.39 is 0 Å². The number of aliphatic hydroxyl groups is 1. The van der Waals surface area contributed by atoms with Crippen molar-refractivity contribution in [3.63, 3.8) is 0 Å². The second-order valence-corrected chi connectivity index (χ2v) is 2.97. The Hall–Kier alpha value is -0.120. The highest BCUT2D eigenvalue weighted by Crippen LogP contribution is 2.12. The van der Waals surface area contributed by atoms with Crippen molar-refractivity contribution in [2.75, 3.05) is 19.8 Å². The van der Waals surface area contributed by atoms with Crippen LogP contribution in [-0.2, 0) is 4.74 Å². The second kappa shape index (κ2) is 4.70. The summed E-state index contributed by atoms with van der Waals surface area (Å²) in [5.74, 6) is 0. The van der Waals surface area contributed by atoms with Crippen molar-refractivity contribution in [1.82, 2.24) is 5.32 Å². The molecule has 3 heteroatoms. The summed E-state index contributed by atoms with van der Waals surface area (Å²) < 4.78 is 5.38. The molecule has 0 bridgehead atoms. The van der Waals surface area contributed by atoms with Crippen LogP contribution in [0.3, 0.4) is 0 Å². The van der Waals surface area contributed by atoms with E-state index in [4.69, 9.17) is 9.84 Å². The number of hydrogen-bond donors (Lipinski definition) is 2. The number of likely N-dealkylation sites (N-methyl/N-ethyl adjacent to an activating group) is 1. The molecule has 3 nitrogen and oxygen atoms in total. The van der Waals surface area contributed by atoms with Gasteiger partial charge in [0.25, 0.3) is 0 Å². The minimum atomic E-state index is 0.0879. The summed E-state index contributed by atoms with van der Waals surface area (Å²) in [6, 6.07) is 0.503. The summed E-state index contributed by atoms with van der Waals surface area (Å²) in [7, 11) is 0. The van der Waals surface area contributed by atoms with E-state index in [9.17, 15) is 0 Å². The third-order valence-corrected chi connectivity index (χ3v) is 2.07. The Balaban J connectivity index is 2.14. The van der Waals surface area contributed by atoms with Gasteiger partial charge in [-0.25, -0.2) is 0 Å². The van der Waals surface area contributed by atoms with E-state index in [-0.39, 0.29) is 12.7 Å². The summed E-state index contributed by atoms with van der Waals surface area (Å²) >= 11 is 0. The van der Waals surface area contributed by atoms with Gasteiger partial charge in [-0.1, -0.05) is 6.92 Å². The fraction of sp³-hybridized carbons (Fsp3) is 1.00. The molecule has 0 aromatic carbocycles. The van der Waals surface area contributed by atoms with Crippen molar-refractivity contribution in [2.24, 2.45) is 0 Å². The summed E-state index contributed by atoms with van der Waals surface area (Å²) in [6.07, 6.45) is 2.19. The molecule has 0 spiro atoms. The number of ether oxygens (including phenoxy) is 1. The van der Waals surface area contributed by atoms with Gasteiger partial charge in [0, 0.05) is 6.04 Å². The fourth-order valence-corrected chi connectivity index (χ4v) is 1.40. The zero-order valence-electron chi connectivity index (χ0n) is 7.05. The first kappa shape index (κ1) is 8.97. The Kier molecular flexibility index (Phi) is 3.83. The zero-order chi connectivity index (χ0) is 8.10. The molecule has 0 aromatic heterocycles. The normalized spacial score (nSPS) is 32.2. The van der Waals surface area contributed by atoms with Crippen LogP contribution in [-0.4, -0.2) is 37.0 Å². The van der Waals surface area contributed by atoms with Gasteiger partial charge >= 0.3 is 0 Å². The molecule has 2 unspecified atom stereocenters. The first-order valence-electron chi connectivity index (χ1n) is 4.32. The van der Waals surface area contributed by atoms with Crippen molar-refractivity contribution in [2.45, 2.75) is 31.9 Å². The molecule has 0 aliphatic carbocycles. The zero-order valence-corrected chi connectivity index (χ0v) is 7.05. The topological polar surface area (TPSA) is 41.5 Å². The predicted molar refractivity (Wildman–Crippen MR) is 43.5 cm³/mol. The Bertz CT molecular complexity index is 100. The van der Waals surface area contributed by atoms with Gasteiger partial charge in [-0.3, -0.25) is 0 Å². The lowest BCUT2D eigenvalue weighted by Gasteiger charge is -2.28. The lowest BCUT2D eigenvalue weighted by atomic mass is 10.1. The maximum atomic E-state index is 8.76. The molecule has 0 aromatic rings. The minimum absolute atomic E-state index is 0.0879. The van der Waals surface area contributed by atoms with E-state index in [2.05, 4.69) is 12.2 Å². The van der Waals surface area contributed by atoms with Crippen molar-refractivity contribution < 1.29 is 9.84 Å². The molecular weight excluding hydrogens is 142 g/mol. The molecule has 1 aliphatic heterocycles. The van der Waals surface area contributed by atoms with Crippen molar-refractivity contribution >= 4 is 0 Å². The average molecular weight is 159 g/mol. The maximum Gasteiger partial charge on any atom is 0.0807 e. The highest BCUT2D eigenvalue weighted by atomic mass is 16.5. The SMILES string of the molecule is CCNC1CCC(CO)OC1. The van der Waals surface area contributed by atoms with Gasteiger partial charge in [0.15, 0.2) is 0 Å². The summed E-state index contributed by atoms with van der Waals surface area (Å²) in [6.45, 7) is 4.01. The third kappa shape index (κ3) is 2.77. The third-order valence-electron chi connectivity index (χ3n) is 2.07. The standard InChI is InChI=1S/C8H17NO2/c1-2-9-7-3-4-8(5-10)11-6-7/h7-10H,2-6H2,1H3. The highest BCUT2D eigenvalue weighted by Gasteiger charge is 2.19. The summed E-state index contributed by atoms with van der Waals surface area (Å²) in [5.41, 5.74) is 0. The lowest BCUT2D eigenvalue weighted by Crippen LogP contribution is -2.40. The molecule has 1 fully saturated rings. The van der Waals surface area contributed by atoms with E-state index in [0.717, 1.165) is 26.0 Å². The molecule has 2 N–H and O–H groups in total. The molecule has 0 radical (unpaired) electrons. The Morgan fingerprint density at radius 3 is 2.82 bits per heavy atom. The largest absolute Gasteiger partial charge is 0.394 e. The van der Waals surface area contributed by atoms with Gasteiger partial charge in [-0.2, -0.15) is 0 Å². The van der Waals surface area contributed by atoms with Crippen LogP contribution in [0.15, 0.2) is 0 Å². The summed E-state index contributed by atoms with van der Waals surface area (Å²) in [4.78, 5) is 0. The maximum absolute atomic E-state index is 8.76. The van der Waals surface area contributed by atoms with Crippen LogP contribution in [0.25, 0.3) is 0 Å². The van der Waals surface area contributed by atoms with Crippen molar-refractivity contribution in [3.8, 4) is 0 Å². The fourth-order valence-electron chi connectivity index (χ4n) is 1.40. The lowest BCUT2D eigenvalue weighted by molar-refractivity contribution is -0.0313. The van der Waals surface area contributed by atoms with Crippen LogP contribution in [0.1, 0.15) is 19.8 Å². The molecule has 1 rings (SSSR count). The van der Waals surface area contributed by atoms with Gasteiger partial charge < -0.3 is 15.2 Å². The van der Waals surface area contributed by atoms with E-state index >= 15 is 0 Å². The Morgan fingerprint density at radius 1 is 1.55 bits per heavy atom. The van der Waals surface area contributed by atoms with Crippen molar-refractivity contribution in [3.05, 3.63) is 0 Å². The van der Waals surface area contributed by atoms with Crippen LogP contribution >= 0.6 is 0 Å². The predicted octanol–water partition coefficient (Wildman–Crippen LogP) is 0.136. The highest BCUT2D eigenvalue weighted by molar-refractivity contribution is 4.73. The molecule has 0 amide bonds. The minimum Gasteiger partial charge on any atom is -0.394 e. The number of rotatable bonds is 3. The van der Waals surface area contributed by atoms with Gasteiger partial charge in [0.1, 0.15) is 0 Å². The van der Waals surface area contributed by atoms with Gasteiger partial charge in [0.05, 0.1) is 19.3 Å². The first-order valence-corrected chi connectivity index (χ1v) is 4.32. The quantitative estimate of drug-likeness (QED) is 0.615. The van der Waals surface area contributed by atoms with Gasteiger partial charge in [-0.05, 0) is 19.4 Å². The van der Waals surface area contributed by atoms with Crippen LogP contribution < -0.4 is 5.32 Å². The number of aliphatic hydroxyl groups excluding tert-OH is 1.